The summed E-state index contributed by atoms with van der Waals surface area (Å²) < 4.78 is 0. The Morgan fingerprint density at radius 1 is 1.29 bits per heavy atom. The molecule has 4 nitrogen and oxygen atoms in total. The Hall–Kier alpha value is -0.610. The molecule has 0 aromatic carbocycles. The van der Waals surface area contributed by atoms with Crippen molar-refractivity contribution in [1.29, 1.82) is 0 Å². The van der Waals surface area contributed by atoms with Gasteiger partial charge < -0.3 is 15.7 Å². The lowest BCUT2D eigenvalue weighted by molar-refractivity contribution is -0.148. The Balaban J connectivity index is 1.73. The minimum Gasteiger partial charge on any atom is -0.389 e. The first kappa shape index (κ1) is 8.68. The Morgan fingerprint density at radius 3 is 2.21 bits per heavy atom. The van der Waals surface area contributed by atoms with Crippen LogP contribution >= 0.6 is 0 Å². The Bertz CT molecular complexity index is 288. The molecule has 1 saturated heterocycles. The molecule has 78 valence electrons. The number of rotatable bonds is 2. The average Bonchev–Trinajstić information content (AvgIpc) is 2.91. The van der Waals surface area contributed by atoms with E-state index < -0.39 is 0 Å². The molecule has 1 heterocycles. The lowest BCUT2D eigenvalue weighted by Crippen LogP contribution is -2.58. The van der Waals surface area contributed by atoms with Gasteiger partial charge in [-0.2, -0.15) is 0 Å². The molecule has 0 aromatic rings. The summed E-state index contributed by atoms with van der Waals surface area (Å²) in [4.78, 5) is 13.8. The fourth-order valence-electron chi connectivity index (χ4n) is 2.59. The molecule has 4 heteroatoms. The van der Waals surface area contributed by atoms with Crippen molar-refractivity contribution < 1.29 is 9.90 Å². The topological polar surface area (TPSA) is 66.6 Å². The second kappa shape index (κ2) is 2.31. The first-order valence-corrected chi connectivity index (χ1v) is 5.34. The highest BCUT2D eigenvalue weighted by atomic mass is 16.3. The van der Waals surface area contributed by atoms with Gasteiger partial charge in [-0.1, -0.05) is 0 Å². The lowest BCUT2D eigenvalue weighted by Gasteiger charge is -2.39. The van der Waals surface area contributed by atoms with Crippen LogP contribution < -0.4 is 5.73 Å². The van der Waals surface area contributed by atoms with Crippen molar-refractivity contribution in [2.45, 2.75) is 37.3 Å². The summed E-state index contributed by atoms with van der Waals surface area (Å²) in [6.45, 7) is 1.02. The smallest absolute Gasteiger partial charge is 0.230 e. The van der Waals surface area contributed by atoms with Crippen LogP contribution in [0.1, 0.15) is 25.7 Å². The number of β-amino-alcohol motifs (C(OH)–C–C–N with tert-alkyl or cyclic N) is 1. The molecule has 2 saturated carbocycles. The fourth-order valence-corrected chi connectivity index (χ4v) is 2.59. The summed E-state index contributed by atoms with van der Waals surface area (Å²) in [5.74, 6) is 0.197. The zero-order chi connectivity index (χ0) is 9.97. The van der Waals surface area contributed by atoms with E-state index in [9.17, 15) is 4.79 Å². The summed E-state index contributed by atoms with van der Waals surface area (Å²) in [7, 11) is 0. The summed E-state index contributed by atoms with van der Waals surface area (Å²) in [5.41, 5.74) is 5.71. The lowest BCUT2D eigenvalue weighted by atomic mass is 9.91. The molecule has 1 aliphatic heterocycles. The molecule has 0 bridgehead atoms. The molecule has 2 aliphatic carbocycles. The van der Waals surface area contributed by atoms with E-state index in [-0.39, 0.29) is 23.0 Å². The van der Waals surface area contributed by atoms with Crippen LogP contribution in [0.4, 0.5) is 0 Å². The van der Waals surface area contributed by atoms with E-state index in [1.54, 1.807) is 4.90 Å². The van der Waals surface area contributed by atoms with Crippen LogP contribution in [0.3, 0.4) is 0 Å². The maximum Gasteiger partial charge on any atom is 0.230 e. The third-order valence-corrected chi connectivity index (χ3v) is 4.05. The van der Waals surface area contributed by atoms with Crippen molar-refractivity contribution in [2.24, 2.45) is 11.1 Å². The molecule has 3 N–H and O–H groups in total. The molecule has 0 unspecified atom stereocenters. The van der Waals surface area contributed by atoms with Crippen molar-refractivity contribution in [3.63, 3.8) is 0 Å². The number of aliphatic hydroxyl groups is 1. The van der Waals surface area contributed by atoms with Gasteiger partial charge in [0.05, 0.1) is 11.5 Å². The number of amides is 1. The first-order chi connectivity index (χ1) is 6.57. The monoisotopic (exact) mass is 196 g/mol. The molecule has 0 aromatic heterocycles. The van der Waals surface area contributed by atoms with Gasteiger partial charge in [-0.15, -0.1) is 0 Å². The largest absolute Gasteiger partial charge is 0.389 e. The molecular weight excluding hydrogens is 180 g/mol. The second-order valence-electron chi connectivity index (χ2n) is 5.10. The van der Waals surface area contributed by atoms with Crippen LogP contribution in [0.2, 0.25) is 0 Å². The molecular formula is C10H16N2O2. The van der Waals surface area contributed by atoms with Crippen LogP contribution in [0.25, 0.3) is 0 Å². The van der Waals surface area contributed by atoms with E-state index in [2.05, 4.69) is 0 Å². The van der Waals surface area contributed by atoms with Gasteiger partial charge in [0, 0.05) is 18.6 Å². The van der Waals surface area contributed by atoms with Crippen LogP contribution in [0.15, 0.2) is 0 Å². The van der Waals surface area contributed by atoms with E-state index in [4.69, 9.17) is 10.8 Å². The van der Waals surface area contributed by atoms with E-state index in [0.717, 1.165) is 25.7 Å². The van der Waals surface area contributed by atoms with Crippen LogP contribution in [-0.4, -0.2) is 40.6 Å². The number of hydrogen-bond acceptors (Lipinski definition) is 3. The van der Waals surface area contributed by atoms with Crippen LogP contribution in [0, 0.1) is 5.41 Å². The van der Waals surface area contributed by atoms with Crippen LogP contribution in [0.5, 0.6) is 0 Å². The minimum absolute atomic E-state index is 0.190. The summed E-state index contributed by atoms with van der Waals surface area (Å²) in [5, 5.41) is 9.15. The normalized spacial score (nSPS) is 32.3. The number of aliphatic hydroxyl groups excluding tert-OH is 1. The number of hydrogen-bond donors (Lipinski definition) is 2. The van der Waals surface area contributed by atoms with Gasteiger partial charge >= 0.3 is 0 Å². The molecule has 3 fully saturated rings. The van der Waals surface area contributed by atoms with Crippen molar-refractivity contribution in [3.8, 4) is 0 Å². The van der Waals surface area contributed by atoms with Crippen molar-refractivity contribution in [3.05, 3.63) is 0 Å². The van der Waals surface area contributed by atoms with Gasteiger partial charge in [0.2, 0.25) is 5.91 Å². The van der Waals surface area contributed by atoms with Gasteiger partial charge in [-0.25, -0.2) is 0 Å². The predicted octanol–water partition coefficient (Wildman–Crippen LogP) is -0.539. The highest BCUT2D eigenvalue weighted by molar-refractivity contribution is 5.88. The fraction of sp³-hybridized carbons (Fsp3) is 0.900. The average molecular weight is 196 g/mol. The molecule has 14 heavy (non-hydrogen) atoms. The van der Waals surface area contributed by atoms with E-state index in [0.29, 0.717) is 13.1 Å². The van der Waals surface area contributed by atoms with Gasteiger partial charge in [0.25, 0.3) is 0 Å². The Kier molecular flexibility index (Phi) is 1.43. The van der Waals surface area contributed by atoms with Gasteiger partial charge in [-0.3, -0.25) is 4.79 Å². The minimum atomic E-state index is -0.303. The first-order valence-electron chi connectivity index (χ1n) is 5.34. The number of nitrogens with two attached hydrogens (primary N) is 1. The predicted molar refractivity (Wildman–Crippen MR) is 50.4 cm³/mol. The molecule has 0 atom stereocenters. The SMILES string of the molecule is NC1(C2(C(=O)N3CC(O)C3)CC2)CC1. The molecule has 0 radical (unpaired) electrons. The Labute approximate surface area is 83.1 Å². The van der Waals surface area contributed by atoms with E-state index in [1.165, 1.54) is 0 Å². The number of carbonyl (C=O) groups excluding carboxylic acids is 1. The summed E-state index contributed by atoms with van der Waals surface area (Å²) >= 11 is 0. The number of carbonyl (C=O) groups is 1. The maximum absolute atomic E-state index is 12.1. The van der Waals surface area contributed by atoms with Crippen molar-refractivity contribution in [2.75, 3.05) is 13.1 Å². The molecule has 3 rings (SSSR count). The van der Waals surface area contributed by atoms with Crippen molar-refractivity contribution in [1.82, 2.24) is 4.90 Å². The highest BCUT2D eigenvalue weighted by Gasteiger charge is 2.69. The van der Waals surface area contributed by atoms with Gasteiger partial charge in [0.1, 0.15) is 0 Å². The van der Waals surface area contributed by atoms with E-state index in [1.807, 2.05) is 0 Å². The maximum atomic E-state index is 12.1. The highest BCUT2D eigenvalue weighted by Crippen LogP contribution is 2.63. The zero-order valence-corrected chi connectivity index (χ0v) is 8.20. The van der Waals surface area contributed by atoms with Gasteiger partial charge in [0.15, 0.2) is 0 Å². The number of likely N-dealkylation sites (tertiary alicyclic amines) is 1. The quantitative estimate of drug-likeness (QED) is 0.623. The van der Waals surface area contributed by atoms with Crippen LogP contribution in [-0.2, 0) is 4.79 Å². The third-order valence-electron chi connectivity index (χ3n) is 4.05. The van der Waals surface area contributed by atoms with Crippen molar-refractivity contribution >= 4 is 5.91 Å². The second-order valence-corrected chi connectivity index (χ2v) is 5.10. The summed E-state index contributed by atoms with van der Waals surface area (Å²) in [6.07, 6.45) is 3.59. The molecule has 0 spiro atoms. The van der Waals surface area contributed by atoms with E-state index >= 15 is 0 Å². The number of nitrogens with zero attached hydrogens (tertiary/aromatic N) is 1. The summed E-state index contributed by atoms with van der Waals surface area (Å²) in [6, 6.07) is 0. The molecule has 1 amide bonds. The van der Waals surface area contributed by atoms with Gasteiger partial charge in [-0.05, 0) is 25.7 Å². The standard InChI is InChI=1S/C10H16N2O2/c11-10(3-4-10)9(1-2-9)8(14)12-5-7(13)6-12/h7,13H,1-6,11H2. The Morgan fingerprint density at radius 2 is 1.86 bits per heavy atom. The molecule has 3 aliphatic rings. The third kappa shape index (κ3) is 0.929. The zero-order valence-electron chi connectivity index (χ0n) is 8.20.